The summed E-state index contributed by atoms with van der Waals surface area (Å²) in [7, 11) is -3.14. The van der Waals surface area contributed by atoms with Crippen molar-refractivity contribution in [1.82, 2.24) is 5.32 Å². The summed E-state index contributed by atoms with van der Waals surface area (Å²) in [6.07, 6.45) is 1.14. The molecule has 114 valence electrons. The molecule has 21 heavy (non-hydrogen) atoms. The number of carbonyl (C=O) groups is 1. The van der Waals surface area contributed by atoms with E-state index in [0.29, 0.717) is 11.1 Å². The first kappa shape index (κ1) is 17.2. The second-order valence-electron chi connectivity index (χ2n) is 5.02. The largest absolute Gasteiger partial charge is 0.349 e. The van der Waals surface area contributed by atoms with Gasteiger partial charge in [-0.15, -0.1) is 0 Å². The first-order valence-electron chi connectivity index (χ1n) is 6.51. The molecule has 0 aliphatic carbocycles. The second-order valence-corrected chi connectivity index (χ2v) is 7.21. The average Bonchev–Trinajstić information content (AvgIpc) is 2.34. The highest BCUT2D eigenvalue weighted by molar-refractivity contribution is 7.90. The lowest BCUT2D eigenvalue weighted by atomic mass is 10.0. The van der Waals surface area contributed by atoms with E-state index >= 15 is 0 Å². The Kier molecular flexibility index (Phi) is 5.94. The molecule has 0 heterocycles. The topological polar surface area (TPSA) is 89.3 Å². The molecule has 6 heteroatoms. The molecule has 3 N–H and O–H groups in total. The maximum atomic E-state index is 12.3. The fourth-order valence-corrected chi connectivity index (χ4v) is 2.89. The van der Waals surface area contributed by atoms with Crippen LogP contribution in [0.4, 0.5) is 0 Å². The predicted octanol–water partition coefficient (Wildman–Crippen LogP) is 0.468. The Balaban J connectivity index is 2.98. The van der Waals surface area contributed by atoms with Crippen molar-refractivity contribution < 1.29 is 13.2 Å². The molecule has 1 aromatic rings. The summed E-state index contributed by atoms with van der Waals surface area (Å²) < 4.78 is 22.5. The quantitative estimate of drug-likeness (QED) is 0.791. The minimum atomic E-state index is -3.14. The van der Waals surface area contributed by atoms with Crippen LogP contribution in [0.1, 0.15) is 28.4 Å². The van der Waals surface area contributed by atoms with E-state index in [-0.39, 0.29) is 18.2 Å². The number of amides is 1. The van der Waals surface area contributed by atoms with Gasteiger partial charge in [-0.2, -0.15) is 0 Å². The Morgan fingerprint density at radius 3 is 2.67 bits per heavy atom. The van der Waals surface area contributed by atoms with Crippen molar-refractivity contribution in [3.63, 3.8) is 0 Å². The lowest BCUT2D eigenvalue weighted by molar-refractivity contribution is 0.0943. The molecule has 5 nitrogen and oxygen atoms in total. The summed E-state index contributed by atoms with van der Waals surface area (Å²) in [6.45, 7) is 3.73. The molecule has 0 spiro atoms. The normalized spacial score (nSPS) is 12.2. The summed E-state index contributed by atoms with van der Waals surface area (Å²) in [5.41, 5.74) is 7.27. The Labute approximate surface area is 125 Å². The number of hydrogen-bond donors (Lipinski definition) is 2. The summed E-state index contributed by atoms with van der Waals surface area (Å²) >= 11 is 0. The Hall–Kier alpha value is -1.84. The number of rotatable bonds is 4. The van der Waals surface area contributed by atoms with Gasteiger partial charge < -0.3 is 11.1 Å². The number of sulfone groups is 1. The van der Waals surface area contributed by atoms with Crippen LogP contribution in [-0.2, 0) is 9.84 Å². The highest BCUT2D eigenvalue weighted by Crippen LogP contribution is 2.11. The molecule has 1 rings (SSSR count). The third-order valence-electron chi connectivity index (χ3n) is 2.68. The second kappa shape index (κ2) is 7.25. The van der Waals surface area contributed by atoms with Crippen LogP contribution >= 0.6 is 0 Å². The fourth-order valence-electron chi connectivity index (χ4n) is 1.90. The molecule has 1 atom stereocenters. The van der Waals surface area contributed by atoms with Crippen molar-refractivity contribution in [3.05, 3.63) is 34.9 Å². The predicted molar refractivity (Wildman–Crippen MR) is 83.8 cm³/mol. The van der Waals surface area contributed by atoms with Crippen LogP contribution in [0, 0.1) is 18.8 Å². The van der Waals surface area contributed by atoms with Gasteiger partial charge >= 0.3 is 0 Å². The summed E-state index contributed by atoms with van der Waals surface area (Å²) in [4.78, 5) is 12.3. The third kappa shape index (κ3) is 5.98. The third-order valence-corrected chi connectivity index (χ3v) is 3.78. The standard InChI is InChI=1S/C15H20N2O3S/c1-11-6-7-13(5-4-8-16)14(9-11)15(18)17-12(2)10-21(3,19)20/h6-7,9,12H,8,10,16H2,1-3H3,(H,17,18). The van der Waals surface area contributed by atoms with Gasteiger partial charge in [0.2, 0.25) is 0 Å². The van der Waals surface area contributed by atoms with E-state index in [1.807, 2.05) is 13.0 Å². The minimum Gasteiger partial charge on any atom is -0.349 e. The molecule has 0 fully saturated rings. The maximum absolute atomic E-state index is 12.3. The van der Waals surface area contributed by atoms with Crippen LogP contribution < -0.4 is 11.1 Å². The zero-order chi connectivity index (χ0) is 16.0. The number of nitrogens with one attached hydrogen (secondary N) is 1. The van der Waals surface area contributed by atoms with Gasteiger partial charge in [0, 0.05) is 17.9 Å². The first-order valence-corrected chi connectivity index (χ1v) is 8.57. The van der Waals surface area contributed by atoms with E-state index in [1.54, 1.807) is 19.1 Å². The van der Waals surface area contributed by atoms with Gasteiger partial charge in [-0.3, -0.25) is 4.79 Å². The molecule has 1 unspecified atom stereocenters. The van der Waals surface area contributed by atoms with E-state index in [9.17, 15) is 13.2 Å². The molecule has 0 aliphatic heterocycles. The molecule has 1 aromatic carbocycles. The fraction of sp³-hybridized carbons (Fsp3) is 0.400. The lowest BCUT2D eigenvalue weighted by Crippen LogP contribution is -2.37. The molecule has 0 aromatic heterocycles. The smallest absolute Gasteiger partial charge is 0.252 e. The van der Waals surface area contributed by atoms with E-state index in [0.717, 1.165) is 11.8 Å². The van der Waals surface area contributed by atoms with Crippen LogP contribution in [0.25, 0.3) is 0 Å². The molecule has 0 aliphatic rings. The monoisotopic (exact) mass is 308 g/mol. The summed E-state index contributed by atoms with van der Waals surface area (Å²) in [5.74, 6) is 5.12. The van der Waals surface area contributed by atoms with Gasteiger partial charge in [-0.1, -0.05) is 23.5 Å². The van der Waals surface area contributed by atoms with Crippen LogP contribution in [0.5, 0.6) is 0 Å². The van der Waals surface area contributed by atoms with Crippen molar-refractivity contribution in [3.8, 4) is 11.8 Å². The highest BCUT2D eigenvalue weighted by atomic mass is 32.2. The summed E-state index contributed by atoms with van der Waals surface area (Å²) in [6, 6.07) is 4.87. The molecule has 1 amide bonds. The van der Waals surface area contributed by atoms with Crippen molar-refractivity contribution in [2.75, 3.05) is 18.6 Å². The number of aryl methyl sites for hydroxylation is 1. The first-order chi connectivity index (χ1) is 9.73. The highest BCUT2D eigenvalue weighted by Gasteiger charge is 2.16. The Morgan fingerprint density at radius 1 is 1.43 bits per heavy atom. The maximum Gasteiger partial charge on any atom is 0.252 e. The molecule has 0 radical (unpaired) electrons. The van der Waals surface area contributed by atoms with Crippen LogP contribution in [0.3, 0.4) is 0 Å². The van der Waals surface area contributed by atoms with Crippen LogP contribution in [0.15, 0.2) is 18.2 Å². The van der Waals surface area contributed by atoms with Crippen LogP contribution in [0.2, 0.25) is 0 Å². The van der Waals surface area contributed by atoms with Gasteiger partial charge in [-0.25, -0.2) is 8.42 Å². The van der Waals surface area contributed by atoms with Gasteiger partial charge in [0.15, 0.2) is 0 Å². The van der Waals surface area contributed by atoms with E-state index in [1.165, 1.54) is 0 Å². The van der Waals surface area contributed by atoms with Crippen molar-refractivity contribution in [1.29, 1.82) is 0 Å². The Morgan fingerprint density at radius 2 is 2.10 bits per heavy atom. The summed E-state index contributed by atoms with van der Waals surface area (Å²) in [5, 5.41) is 2.68. The van der Waals surface area contributed by atoms with Gasteiger partial charge in [0.25, 0.3) is 5.91 Å². The van der Waals surface area contributed by atoms with E-state index < -0.39 is 15.9 Å². The minimum absolute atomic E-state index is 0.103. The molecular formula is C15H20N2O3S. The van der Waals surface area contributed by atoms with E-state index in [2.05, 4.69) is 17.2 Å². The van der Waals surface area contributed by atoms with E-state index in [4.69, 9.17) is 5.73 Å². The molecule has 0 saturated carbocycles. The average molecular weight is 308 g/mol. The van der Waals surface area contributed by atoms with Crippen molar-refractivity contribution in [2.45, 2.75) is 19.9 Å². The Bertz CT molecular complexity index is 685. The number of benzene rings is 1. The van der Waals surface area contributed by atoms with Gasteiger partial charge in [-0.05, 0) is 26.0 Å². The number of carbonyl (C=O) groups excluding carboxylic acids is 1. The number of hydrogen-bond acceptors (Lipinski definition) is 4. The van der Waals surface area contributed by atoms with Crippen molar-refractivity contribution >= 4 is 15.7 Å². The molecular weight excluding hydrogens is 288 g/mol. The number of nitrogens with two attached hydrogens (primary N) is 1. The SMILES string of the molecule is Cc1ccc(C#CCN)c(C(=O)NC(C)CS(C)(=O)=O)c1. The van der Waals surface area contributed by atoms with Crippen molar-refractivity contribution in [2.24, 2.45) is 5.73 Å². The lowest BCUT2D eigenvalue weighted by Gasteiger charge is -2.14. The zero-order valence-electron chi connectivity index (χ0n) is 12.4. The zero-order valence-corrected chi connectivity index (χ0v) is 13.3. The molecule has 0 bridgehead atoms. The molecule has 0 saturated heterocycles. The van der Waals surface area contributed by atoms with Crippen LogP contribution in [-0.4, -0.2) is 38.9 Å². The van der Waals surface area contributed by atoms with Gasteiger partial charge in [0.1, 0.15) is 9.84 Å². The van der Waals surface area contributed by atoms with Gasteiger partial charge in [0.05, 0.1) is 17.9 Å².